The van der Waals surface area contributed by atoms with Gasteiger partial charge in [-0.25, -0.2) is 9.78 Å². The molecule has 2 heterocycles. The highest BCUT2D eigenvalue weighted by Crippen LogP contribution is 2.32. The van der Waals surface area contributed by atoms with Crippen molar-refractivity contribution in [1.29, 1.82) is 0 Å². The molecule has 0 saturated carbocycles. The van der Waals surface area contributed by atoms with E-state index < -0.39 is 17.7 Å². The van der Waals surface area contributed by atoms with E-state index in [0.717, 1.165) is 24.0 Å². The van der Waals surface area contributed by atoms with Crippen molar-refractivity contribution in [2.24, 2.45) is 0 Å². The fraction of sp³-hybridized carbons (Fsp3) is 0.154. The molecule has 0 atom stereocenters. The smallest absolute Gasteiger partial charge is 0.417 e. The third-order valence-corrected chi connectivity index (χ3v) is 3.52. The fourth-order valence-electron chi connectivity index (χ4n) is 1.50. The molecule has 0 radical (unpaired) electrons. The van der Waals surface area contributed by atoms with Crippen molar-refractivity contribution in [2.45, 2.75) is 23.0 Å². The second-order valence-corrected chi connectivity index (χ2v) is 5.17. The quantitative estimate of drug-likeness (QED) is 0.937. The van der Waals surface area contributed by atoms with E-state index in [1.807, 2.05) is 0 Å². The largest absolute Gasteiger partial charge is 0.478 e. The number of aromatic nitrogens is 2. The summed E-state index contributed by atoms with van der Waals surface area (Å²) >= 11 is 0.977. The van der Waals surface area contributed by atoms with Gasteiger partial charge in [-0.05, 0) is 25.1 Å². The predicted molar refractivity (Wildman–Crippen MR) is 69.3 cm³/mol. The van der Waals surface area contributed by atoms with Crippen molar-refractivity contribution in [3.05, 3.63) is 47.4 Å². The van der Waals surface area contributed by atoms with Crippen LogP contribution in [0.3, 0.4) is 0 Å². The number of aryl methyl sites for hydroxylation is 1. The molecule has 0 amide bonds. The number of carbonyl (C=O) groups is 1. The Morgan fingerprint density at radius 3 is 2.48 bits per heavy atom. The Labute approximate surface area is 122 Å². The van der Waals surface area contributed by atoms with E-state index in [-0.39, 0.29) is 10.6 Å². The minimum absolute atomic E-state index is 0.0210. The average Bonchev–Trinajstić information content (AvgIpc) is 2.38. The van der Waals surface area contributed by atoms with E-state index in [2.05, 4.69) is 9.97 Å². The Hall–Kier alpha value is -2.09. The average molecular weight is 314 g/mol. The summed E-state index contributed by atoms with van der Waals surface area (Å²) in [6.45, 7) is 1.69. The van der Waals surface area contributed by atoms with Crippen molar-refractivity contribution in [3.8, 4) is 0 Å². The molecule has 0 unspecified atom stereocenters. The number of alkyl halides is 3. The normalized spacial score (nSPS) is 11.4. The monoisotopic (exact) mass is 314 g/mol. The van der Waals surface area contributed by atoms with Gasteiger partial charge in [-0.1, -0.05) is 11.8 Å². The van der Waals surface area contributed by atoms with Crippen LogP contribution in [0.4, 0.5) is 13.2 Å². The van der Waals surface area contributed by atoms with Crippen LogP contribution in [-0.4, -0.2) is 21.0 Å². The molecular formula is C13H9F3N2O2S. The van der Waals surface area contributed by atoms with Crippen LogP contribution in [0.15, 0.2) is 40.5 Å². The highest BCUT2D eigenvalue weighted by atomic mass is 32.2. The van der Waals surface area contributed by atoms with Gasteiger partial charge in [-0.3, -0.25) is 4.98 Å². The van der Waals surface area contributed by atoms with Gasteiger partial charge in [0.2, 0.25) is 0 Å². The van der Waals surface area contributed by atoms with Crippen molar-refractivity contribution in [2.75, 3.05) is 0 Å². The van der Waals surface area contributed by atoms with Crippen LogP contribution < -0.4 is 0 Å². The maximum absolute atomic E-state index is 12.4. The zero-order valence-corrected chi connectivity index (χ0v) is 11.5. The Kier molecular flexibility index (Phi) is 4.17. The van der Waals surface area contributed by atoms with E-state index in [9.17, 15) is 18.0 Å². The van der Waals surface area contributed by atoms with E-state index in [1.54, 1.807) is 13.0 Å². The number of carboxylic acids is 1. The van der Waals surface area contributed by atoms with Crippen molar-refractivity contribution >= 4 is 17.7 Å². The second kappa shape index (κ2) is 5.72. The molecule has 0 aliphatic rings. The van der Waals surface area contributed by atoms with Gasteiger partial charge in [0, 0.05) is 23.0 Å². The topological polar surface area (TPSA) is 63.1 Å². The van der Waals surface area contributed by atoms with Gasteiger partial charge in [-0.2, -0.15) is 13.2 Å². The Bertz CT molecular complexity index is 672. The molecule has 8 heteroatoms. The summed E-state index contributed by atoms with van der Waals surface area (Å²) in [5, 5.41) is 9.34. The van der Waals surface area contributed by atoms with Gasteiger partial charge in [0.25, 0.3) is 0 Å². The lowest BCUT2D eigenvalue weighted by Gasteiger charge is -2.08. The van der Waals surface area contributed by atoms with Gasteiger partial charge < -0.3 is 5.11 Å². The molecule has 0 aliphatic heterocycles. The summed E-state index contributed by atoms with van der Waals surface area (Å²) in [5.74, 6) is -1.16. The van der Waals surface area contributed by atoms with Crippen LogP contribution >= 0.6 is 11.8 Å². The third-order valence-electron chi connectivity index (χ3n) is 2.51. The van der Waals surface area contributed by atoms with Crippen molar-refractivity contribution in [3.63, 3.8) is 0 Å². The highest BCUT2D eigenvalue weighted by Gasteiger charge is 2.30. The predicted octanol–water partition coefficient (Wildman–Crippen LogP) is 3.65. The summed E-state index contributed by atoms with van der Waals surface area (Å²) in [6.07, 6.45) is -2.52. The Morgan fingerprint density at radius 1 is 1.24 bits per heavy atom. The molecule has 1 N–H and O–H groups in total. The lowest BCUT2D eigenvalue weighted by atomic mass is 10.2. The number of rotatable bonds is 3. The van der Waals surface area contributed by atoms with Crippen molar-refractivity contribution in [1.82, 2.24) is 9.97 Å². The van der Waals surface area contributed by atoms with E-state index in [4.69, 9.17) is 5.11 Å². The summed E-state index contributed by atoms with van der Waals surface area (Å²) in [4.78, 5) is 19.0. The summed E-state index contributed by atoms with van der Waals surface area (Å²) in [7, 11) is 0. The van der Waals surface area contributed by atoms with E-state index in [1.165, 1.54) is 12.3 Å². The Balaban J connectivity index is 2.30. The SMILES string of the molecule is Cc1cc(Sc2ccc(C(F)(F)F)cn2)c(C(=O)O)cn1. The van der Waals surface area contributed by atoms with Crippen LogP contribution in [0.1, 0.15) is 21.6 Å². The molecule has 0 fully saturated rings. The molecule has 0 aromatic carbocycles. The third kappa shape index (κ3) is 3.72. The molecule has 0 saturated heterocycles. The minimum atomic E-state index is -4.45. The number of pyridine rings is 2. The minimum Gasteiger partial charge on any atom is -0.478 e. The molecule has 0 bridgehead atoms. The molecule has 0 aliphatic carbocycles. The van der Waals surface area contributed by atoms with Crippen LogP contribution in [0.5, 0.6) is 0 Å². The standard InChI is InChI=1S/C13H9F3N2O2S/c1-7-4-10(9(6-17-7)12(19)20)21-11-3-2-8(5-18-11)13(14,15)16/h2-6H,1H3,(H,19,20). The number of hydrogen-bond acceptors (Lipinski definition) is 4. The van der Waals surface area contributed by atoms with E-state index >= 15 is 0 Å². The zero-order chi connectivity index (χ0) is 15.6. The fourth-order valence-corrected chi connectivity index (χ4v) is 2.45. The zero-order valence-electron chi connectivity index (χ0n) is 10.7. The van der Waals surface area contributed by atoms with Crippen LogP contribution in [0.25, 0.3) is 0 Å². The maximum Gasteiger partial charge on any atom is 0.417 e. The number of halogens is 3. The van der Waals surface area contributed by atoms with Crippen LogP contribution in [-0.2, 0) is 6.18 Å². The van der Waals surface area contributed by atoms with Gasteiger partial charge >= 0.3 is 12.1 Å². The van der Waals surface area contributed by atoms with Gasteiger partial charge in [-0.15, -0.1) is 0 Å². The number of hydrogen-bond donors (Lipinski definition) is 1. The molecule has 2 aromatic heterocycles. The summed E-state index contributed by atoms with van der Waals surface area (Å²) < 4.78 is 37.3. The molecule has 21 heavy (non-hydrogen) atoms. The molecule has 2 aromatic rings. The summed E-state index contributed by atoms with van der Waals surface area (Å²) in [6, 6.07) is 3.66. The van der Waals surface area contributed by atoms with Gasteiger partial charge in [0.15, 0.2) is 0 Å². The van der Waals surface area contributed by atoms with Gasteiger partial charge in [0.1, 0.15) is 5.03 Å². The molecule has 4 nitrogen and oxygen atoms in total. The van der Waals surface area contributed by atoms with Gasteiger partial charge in [0.05, 0.1) is 11.1 Å². The Morgan fingerprint density at radius 2 is 1.95 bits per heavy atom. The first kappa shape index (κ1) is 15.3. The van der Waals surface area contributed by atoms with Crippen LogP contribution in [0.2, 0.25) is 0 Å². The first-order valence-corrected chi connectivity index (χ1v) is 6.50. The van der Waals surface area contributed by atoms with Crippen molar-refractivity contribution < 1.29 is 23.1 Å². The molecule has 2 rings (SSSR count). The first-order chi connectivity index (χ1) is 9.77. The number of nitrogens with zero attached hydrogens (tertiary/aromatic N) is 2. The second-order valence-electron chi connectivity index (χ2n) is 4.11. The first-order valence-electron chi connectivity index (χ1n) is 5.68. The molecule has 110 valence electrons. The van der Waals surface area contributed by atoms with Crippen LogP contribution in [0, 0.1) is 6.92 Å². The summed E-state index contributed by atoms with van der Waals surface area (Å²) in [5.41, 5.74) is -0.266. The number of aromatic carboxylic acids is 1. The maximum atomic E-state index is 12.4. The number of carboxylic acid groups (broad SMARTS) is 1. The highest BCUT2D eigenvalue weighted by molar-refractivity contribution is 7.99. The lowest BCUT2D eigenvalue weighted by molar-refractivity contribution is -0.137. The molecular weight excluding hydrogens is 305 g/mol. The lowest BCUT2D eigenvalue weighted by Crippen LogP contribution is -2.05. The van der Waals surface area contributed by atoms with E-state index in [0.29, 0.717) is 10.6 Å². The molecule has 0 spiro atoms.